The molecule has 1 aromatic heterocycles. The van der Waals surface area contributed by atoms with E-state index < -0.39 is 0 Å². The third-order valence-corrected chi connectivity index (χ3v) is 1.51. The van der Waals surface area contributed by atoms with Gasteiger partial charge in [-0.05, 0) is 0 Å². The van der Waals surface area contributed by atoms with Gasteiger partial charge in [-0.15, -0.1) is 5.10 Å². The van der Waals surface area contributed by atoms with Gasteiger partial charge in [0.25, 0.3) is 0 Å². The average molecular weight is 231 g/mol. The summed E-state index contributed by atoms with van der Waals surface area (Å²) in [5.74, 6) is 0.665. The van der Waals surface area contributed by atoms with Crippen LogP contribution >= 0.6 is 0 Å². The minimum absolute atomic E-state index is 0.665. The highest BCUT2D eigenvalue weighted by molar-refractivity contribution is 5.53. The number of rotatable bonds is 1. The summed E-state index contributed by atoms with van der Waals surface area (Å²) in [6.45, 7) is 8.25. The molecule has 0 aliphatic heterocycles. The predicted octanol–water partition coefficient (Wildman–Crippen LogP) is 3.98. The highest BCUT2D eigenvalue weighted by Crippen LogP contribution is 2.10. The first kappa shape index (κ1) is 15.2. The molecule has 0 spiro atoms. The third-order valence-electron chi connectivity index (χ3n) is 1.51. The zero-order chi connectivity index (χ0) is 12.9. The Morgan fingerprint density at radius 2 is 1.53 bits per heavy atom. The summed E-state index contributed by atoms with van der Waals surface area (Å²) in [5.41, 5.74) is 0.991. The Morgan fingerprint density at radius 3 is 2.00 bits per heavy atom. The van der Waals surface area contributed by atoms with E-state index in [1.165, 1.54) is 6.42 Å². The molecule has 0 saturated carbocycles. The van der Waals surface area contributed by atoms with Crippen molar-refractivity contribution < 1.29 is 0 Å². The van der Waals surface area contributed by atoms with Gasteiger partial charge in [0.2, 0.25) is 0 Å². The molecular formula is C14H21N3. The maximum Gasteiger partial charge on any atom is 0.181 e. The summed E-state index contributed by atoms with van der Waals surface area (Å²) in [6, 6.07) is 9.77. The Hall–Kier alpha value is -1.77. The fraction of sp³-hybridized carbons (Fsp3) is 0.357. The normalized spacial score (nSPS) is 8.24. The van der Waals surface area contributed by atoms with Crippen LogP contribution in [0.25, 0.3) is 11.4 Å². The van der Waals surface area contributed by atoms with Crippen molar-refractivity contribution in [2.45, 2.75) is 34.1 Å². The van der Waals surface area contributed by atoms with E-state index >= 15 is 0 Å². The maximum absolute atomic E-state index is 4.08. The van der Waals surface area contributed by atoms with E-state index in [-0.39, 0.29) is 0 Å². The second-order valence-electron chi connectivity index (χ2n) is 3.04. The van der Waals surface area contributed by atoms with Crippen molar-refractivity contribution in [1.29, 1.82) is 0 Å². The largest absolute Gasteiger partial charge is 0.233 e. The molecule has 0 saturated heterocycles. The molecule has 0 fully saturated rings. The molecule has 0 aliphatic rings. The quantitative estimate of drug-likeness (QED) is 0.745. The van der Waals surface area contributed by atoms with Crippen LogP contribution in [0, 0.1) is 0 Å². The van der Waals surface area contributed by atoms with Crippen molar-refractivity contribution in [3.63, 3.8) is 0 Å². The van der Waals surface area contributed by atoms with Gasteiger partial charge in [-0.2, -0.15) is 5.10 Å². The molecule has 0 N–H and O–H groups in total. The molecule has 92 valence electrons. The number of nitrogens with zero attached hydrogens (tertiary/aromatic N) is 3. The predicted molar refractivity (Wildman–Crippen MR) is 72.6 cm³/mol. The van der Waals surface area contributed by atoms with Gasteiger partial charge < -0.3 is 0 Å². The molecule has 1 aromatic carbocycles. The van der Waals surface area contributed by atoms with Crippen LogP contribution in [0.4, 0.5) is 0 Å². The van der Waals surface area contributed by atoms with E-state index in [9.17, 15) is 0 Å². The minimum Gasteiger partial charge on any atom is -0.233 e. The summed E-state index contributed by atoms with van der Waals surface area (Å²) >= 11 is 0. The fourth-order valence-electron chi connectivity index (χ4n) is 0.967. The zero-order valence-electron chi connectivity index (χ0n) is 11.1. The van der Waals surface area contributed by atoms with Gasteiger partial charge in [0, 0.05) is 11.8 Å². The molecule has 17 heavy (non-hydrogen) atoms. The topological polar surface area (TPSA) is 38.7 Å². The van der Waals surface area contributed by atoms with E-state index in [1.54, 1.807) is 12.4 Å². The Labute approximate surface area is 104 Å². The van der Waals surface area contributed by atoms with Crippen LogP contribution in [0.2, 0.25) is 0 Å². The van der Waals surface area contributed by atoms with Crippen molar-refractivity contribution in [2.75, 3.05) is 0 Å². The van der Waals surface area contributed by atoms with Crippen LogP contribution in [0.1, 0.15) is 34.1 Å². The Kier molecular flexibility index (Phi) is 9.62. The van der Waals surface area contributed by atoms with Gasteiger partial charge in [-0.3, -0.25) is 0 Å². The fourth-order valence-corrected chi connectivity index (χ4v) is 0.967. The van der Waals surface area contributed by atoms with Crippen LogP contribution in [-0.4, -0.2) is 15.2 Å². The maximum atomic E-state index is 4.08. The summed E-state index contributed by atoms with van der Waals surface area (Å²) in [4.78, 5) is 4.08. The van der Waals surface area contributed by atoms with Gasteiger partial charge in [0.15, 0.2) is 5.82 Å². The van der Waals surface area contributed by atoms with Crippen LogP contribution in [0.15, 0.2) is 42.7 Å². The van der Waals surface area contributed by atoms with E-state index in [1.807, 2.05) is 44.2 Å². The smallest absolute Gasteiger partial charge is 0.181 e. The lowest BCUT2D eigenvalue weighted by atomic mass is 10.2. The van der Waals surface area contributed by atoms with Gasteiger partial charge in [-0.1, -0.05) is 64.4 Å². The first-order valence-corrected chi connectivity index (χ1v) is 6.07. The summed E-state index contributed by atoms with van der Waals surface area (Å²) in [6.07, 6.45) is 4.45. The van der Waals surface area contributed by atoms with Crippen molar-refractivity contribution >= 4 is 0 Å². The molecule has 0 bridgehead atoms. The number of hydrogen-bond donors (Lipinski definition) is 0. The summed E-state index contributed by atoms with van der Waals surface area (Å²) < 4.78 is 0. The summed E-state index contributed by atoms with van der Waals surface area (Å²) in [7, 11) is 0. The third kappa shape index (κ3) is 6.40. The Morgan fingerprint density at radius 1 is 0.941 bits per heavy atom. The second-order valence-corrected chi connectivity index (χ2v) is 3.04. The molecule has 2 aromatic rings. The molecule has 0 amide bonds. The Bertz CT molecular complexity index is 322. The van der Waals surface area contributed by atoms with E-state index in [0.29, 0.717) is 5.82 Å². The average Bonchev–Trinajstić information content (AvgIpc) is 2.44. The van der Waals surface area contributed by atoms with Crippen molar-refractivity contribution in [1.82, 2.24) is 15.2 Å². The minimum atomic E-state index is 0.665. The van der Waals surface area contributed by atoms with Crippen LogP contribution in [0.3, 0.4) is 0 Å². The van der Waals surface area contributed by atoms with E-state index in [4.69, 9.17) is 0 Å². The summed E-state index contributed by atoms with van der Waals surface area (Å²) in [5, 5.41) is 7.64. The number of benzene rings is 1. The first-order chi connectivity index (χ1) is 8.38. The first-order valence-electron chi connectivity index (χ1n) is 6.07. The lowest BCUT2D eigenvalue weighted by Crippen LogP contribution is -1.88. The standard InChI is InChI=1S/C9H7N3.C3H8.C2H6/c1-2-4-8(5-3-1)9-10-6-7-11-12-9;1-3-2;1-2/h1-7H;3H2,1-2H3;1-2H3. The number of aromatic nitrogens is 3. The zero-order valence-corrected chi connectivity index (χ0v) is 11.1. The van der Waals surface area contributed by atoms with Crippen LogP contribution in [0.5, 0.6) is 0 Å². The Balaban J connectivity index is 0.000000450. The lowest BCUT2D eigenvalue weighted by molar-refractivity contribution is 0.980. The molecule has 0 atom stereocenters. The monoisotopic (exact) mass is 231 g/mol. The van der Waals surface area contributed by atoms with Crippen molar-refractivity contribution in [3.05, 3.63) is 42.7 Å². The highest BCUT2D eigenvalue weighted by atomic mass is 15.1. The van der Waals surface area contributed by atoms with E-state index in [2.05, 4.69) is 29.0 Å². The van der Waals surface area contributed by atoms with Gasteiger partial charge in [0.1, 0.15) is 0 Å². The molecule has 2 rings (SSSR count). The molecule has 0 aliphatic carbocycles. The number of hydrogen-bond acceptors (Lipinski definition) is 3. The molecule has 0 unspecified atom stereocenters. The van der Waals surface area contributed by atoms with E-state index in [0.717, 1.165) is 5.56 Å². The van der Waals surface area contributed by atoms with Gasteiger partial charge in [0.05, 0.1) is 6.20 Å². The van der Waals surface area contributed by atoms with Gasteiger partial charge >= 0.3 is 0 Å². The van der Waals surface area contributed by atoms with Crippen molar-refractivity contribution in [3.8, 4) is 11.4 Å². The van der Waals surface area contributed by atoms with Gasteiger partial charge in [-0.25, -0.2) is 4.98 Å². The molecule has 1 heterocycles. The van der Waals surface area contributed by atoms with Crippen LogP contribution < -0.4 is 0 Å². The lowest BCUT2D eigenvalue weighted by Gasteiger charge is -1.95. The molecule has 3 heteroatoms. The second kappa shape index (κ2) is 10.7. The van der Waals surface area contributed by atoms with Crippen LogP contribution in [-0.2, 0) is 0 Å². The molecule has 3 nitrogen and oxygen atoms in total. The SMILES string of the molecule is CC.CCC.c1ccc(-c2nccnn2)cc1. The van der Waals surface area contributed by atoms with Crippen molar-refractivity contribution in [2.24, 2.45) is 0 Å². The molecule has 0 radical (unpaired) electrons. The highest BCUT2D eigenvalue weighted by Gasteiger charge is 1.96. The molecular weight excluding hydrogens is 210 g/mol.